The lowest BCUT2D eigenvalue weighted by Gasteiger charge is -2.25. The van der Waals surface area contributed by atoms with Gasteiger partial charge in [0.1, 0.15) is 11.4 Å². The Kier molecular flexibility index (Phi) is 7.07. The van der Waals surface area contributed by atoms with Crippen LogP contribution in [0, 0.1) is 13.8 Å². The van der Waals surface area contributed by atoms with E-state index in [9.17, 15) is 13.2 Å². The topological polar surface area (TPSA) is 84.9 Å². The predicted octanol–water partition coefficient (Wildman–Crippen LogP) is 2.85. The van der Waals surface area contributed by atoms with Crippen LogP contribution < -0.4 is 10.1 Å². The fraction of sp³-hybridized carbons (Fsp3) is 0.611. The second-order valence-corrected chi connectivity index (χ2v) is 9.40. The van der Waals surface area contributed by atoms with E-state index in [-0.39, 0.29) is 11.4 Å². The van der Waals surface area contributed by atoms with Crippen molar-refractivity contribution in [3.05, 3.63) is 23.3 Å². The highest BCUT2D eigenvalue weighted by Crippen LogP contribution is 2.27. The molecule has 148 valence electrons. The van der Waals surface area contributed by atoms with Crippen molar-refractivity contribution in [2.45, 2.75) is 58.1 Å². The third-order valence-electron chi connectivity index (χ3n) is 3.63. The molecule has 1 rings (SSSR count). The minimum absolute atomic E-state index is 0.118. The zero-order valence-electron chi connectivity index (χ0n) is 16.8. The molecule has 0 saturated heterocycles. The molecule has 1 aromatic carbocycles. The Hall–Kier alpha value is -1.80. The normalized spacial score (nSPS) is 13.4. The summed E-state index contributed by atoms with van der Waals surface area (Å²) in [7, 11) is -0.674. The Labute approximate surface area is 156 Å². The van der Waals surface area contributed by atoms with Gasteiger partial charge in [-0.25, -0.2) is 13.2 Å². The van der Waals surface area contributed by atoms with Crippen molar-refractivity contribution in [1.82, 2.24) is 9.62 Å². The summed E-state index contributed by atoms with van der Waals surface area (Å²) in [6.45, 7) is 10.6. The first-order chi connectivity index (χ1) is 11.8. The largest absolute Gasteiger partial charge is 0.497 e. The molecule has 0 radical (unpaired) electrons. The van der Waals surface area contributed by atoms with Crippen LogP contribution in [0.3, 0.4) is 0 Å². The Morgan fingerprint density at radius 1 is 1.23 bits per heavy atom. The van der Waals surface area contributed by atoms with E-state index in [1.807, 2.05) is 0 Å². The van der Waals surface area contributed by atoms with Gasteiger partial charge < -0.3 is 14.8 Å². The molecule has 0 saturated carbocycles. The van der Waals surface area contributed by atoms with E-state index in [1.165, 1.54) is 11.4 Å². The van der Waals surface area contributed by atoms with Gasteiger partial charge in [-0.1, -0.05) is 0 Å². The molecule has 8 heteroatoms. The first kappa shape index (κ1) is 22.2. The highest BCUT2D eigenvalue weighted by Gasteiger charge is 2.27. The molecule has 7 nitrogen and oxygen atoms in total. The molecule has 0 aliphatic carbocycles. The first-order valence-corrected chi connectivity index (χ1v) is 9.83. The molecule has 0 fully saturated rings. The van der Waals surface area contributed by atoms with Crippen LogP contribution in [-0.4, -0.2) is 51.2 Å². The molecule has 0 unspecified atom stereocenters. The van der Waals surface area contributed by atoms with Gasteiger partial charge in [-0.05, 0) is 64.8 Å². The summed E-state index contributed by atoms with van der Waals surface area (Å²) < 4.78 is 37.5. The van der Waals surface area contributed by atoms with E-state index in [0.29, 0.717) is 16.9 Å². The Balaban J connectivity index is 2.92. The molecule has 0 heterocycles. The molecule has 0 bridgehead atoms. The summed E-state index contributed by atoms with van der Waals surface area (Å²) in [6, 6.07) is 2.97. The number of likely N-dealkylation sites (N-methyl/N-ethyl adjacent to an activating group) is 1. The maximum absolute atomic E-state index is 13.0. The molecular formula is C18H30N2O5S. The summed E-state index contributed by atoms with van der Waals surface area (Å²) in [5.41, 5.74) is 0.613. The van der Waals surface area contributed by atoms with E-state index in [1.54, 1.807) is 60.8 Å². The zero-order chi connectivity index (χ0) is 20.3. The SMILES string of the molecule is COc1cc(C)c(S(=O)(=O)N(C)C[C@H](C)NC(=O)OC(C)(C)C)c(C)c1. The zero-order valence-corrected chi connectivity index (χ0v) is 17.7. The fourth-order valence-corrected chi connectivity index (χ4v) is 4.29. The number of alkyl carbamates (subject to hydrolysis) is 1. The van der Waals surface area contributed by atoms with Gasteiger partial charge in [-0.15, -0.1) is 0 Å². The van der Waals surface area contributed by atoms with Crippen molar-refractivity contribution in [1.29, 1.82) is 0 Å². The molecule has 1 aromatic rings. The van der Waals surface area contributed by atoms with Crippen LogP contribution in [0.1, 0.15) is 38.8 Å². The van der Waals surface area contributed by atoms with Gasteiger partial charge in [0, 0.05) is 19.6 Å². The minimum Gasteiger partial charge on any atom is -0.497 e. The summed E-state index contributed by atoms with van der Waals surface area (Å²) in [4.78, 5) is 12.1. The number of hydrogen-bond acceptors (Lipinski definition) is 5. The molecule has 1 atom stereocenters. The van der Waals surface area contributed by atoms with E-state index >= 15 is 0 Å². The monoisotopic (exact) mass is 386 g/mol. The molecular weight excluding hydrogens is 356 g/mol. The van der Waals surface area contributed by atoms with Crippen molar-refractivity contribution in [3.63, 3.8) is 0 Å². The lowest BCUT2D eigenvalue weighted by Crippen LogP contribution is -2.44. The maximum Gasteiger partial charge on any atom is 0.407 e. The predicted molar refractivity (Wildman–Crippen MR) is 101 cm³/mol. The van der Waals surface area contributed by atoms with Crippen LogP contribution in [0.2, 0.25) is 0 Å². The third kappa shape index (κ3) is 5.88. The molecule has 0 aliphatic rings. The number of aryl methyl sites for hydroxylation is 2. The van der Waals surface area contributed by atoms with Gasteiger partial charge in [0.05, 0.1) is 12.0 Å². The first-order valence-electron chi connectivity index (χ1n) is 8.39. The number of carbonyl (C=O) groups is 1. The second kappa shape index (κ2) is 8.26. The molecule has 1 N–H and O–H groups in total. The summed E-state index contributed by atoms with van der Waals surface area (Å²) in [5.74, 6) is 0.613. The number of nitrogens with one attached hydrogen (secondary N) is 1. The minimum atomic E-state index is -3.71. The summed E-state index contributed by atoms with van der Waals surface area (Å²) >= 11 is 0. The van der Waals surface area contributed by atoms with Crippen LogP contribution in [0.25, 0.3) is 0 Å². The van der Waals surface area contributed by atoms with Crippen molar-refractivity contribution >= 4 is 16.1 Å². The molecule has 1 amide bonds. The van der Waals surface area contributed by atoms with Gasteiger partial charge in [-0.3, -0.25) is 0 Å². The Morgan fingerprint density at radius 3 is 2.15 bits per heavy atom. The van der Waals surface area contributed by atoms with Crippen molar-refractivity contribution in [2.75, 3.05) is 20.7 Å². The number of amides is 1. The third-order valence-corrected chi connectivity index (χ3v) is 5.76. The van der Waals surface area contributed by atoms with Crippen LogP contribution in [0.15, 0.2) is 17.0 Å². The van der Waals surface area contributed by atoms with Crippen molar-refractivity contribution < 1.29 is 22.7 Å². The highest BCUT2D eigenvalue weighted by atomic mass is 32.2. The van der Waals surface area contributed by atoms with Crippen LogP contribution in [0.4, 0.5) is 4.79 Å². The summed E-state index contributed by atoms with van der Waals surface area (Å²) in [6.07, 6.45) is -0.576. The number of ether oxygens (including phenoxy) is 2. The van der Waals surface area contributed by atoms with Crippen LogP contribution in [-0.2, 0) is 14.8 Å². The maximum atomic E-state index is 13.0. The number of hydrogen-bond donors (Lipinski definition) is 1. The fourth-order valence-electron chi connectivity index (χ4n) is 2.63. The van der Waals surface area contributed by atoms with Crippen LogP contribution >= 0.6 is 0 Å². The Bertz CT molecular complexity index is 730. The standard InChI is InChI=1S/C18H30N2O5S/c1-12-9-15(24-8)10-13(2)16(12)26(22,23)20(7)11-14(3)19-17(21)25-18(4,5)6/h9-10,14H,11H2,1-8H3,(H,19,21)/t14-/m0/s1. The lowest BCUT2D eigenvalue weighted by atomic mass is 10.1. The molecule has 0 aliphatic heterocycles. The molecule has 26 heavy (non-hydrogen) atoms. The smallest absolute Gasteiger partial charge is 0.407 e. The van der Waals surface area contributed by atoms with Crippen LogP contribution in [0.5, 0.6) is 5.75 Å². The van der Waals surface area contributed by atoms with Gasteiger partial charge in [0.2, 0.25) is 10.0 Å². The van der Waals surface area contributed by atoms with Crippen molar-refractivity contribution in [3.8, 4) is 5.75 Å². The number of sulfonamides is 1. The Morgan fingerprint density at radius 2 is 1.73 bits per heavy atom. The lowest BCUT2D eigenvalue weighted by molar-refractivity contribution is 0.0504. The number of benzene rings is 1. The number of nitrogens with zero attached hydrogens (tertiary/aromatic N) is 1. The van der Waals surface area contributed by atoms with Gasteiger partial charge in [0.25, 0.3) is 0 Å². The highest BCUT2D eigenvalue weighted by molar-refractivity contribution is 7.89. The molecule has 0 spiro atoms. The average Bonchev–Trinajstić information content (AvgIpc) is 2.43. The second-order valence-electron chi connectivity index (χ2n) is 7.42. The number of methoxy groups -OCH3 is 1. The summed E-state index contributed by atoms with van der Waals surface area (Å²) in [5, 5.41) is 2.65. The molecule has 0 aromatic heterocycles. The van der Waals surface area contributed by atoms with E-state index in [0.717, 1.165) is 0 Å². The average molecular weight is 387 g/mol. The van der Waals surface area contributed by atoms with Gasteiger partial charge >= 0.3 is 6.09 Å². The van der Waals surface area contributed by atoms with Crippen molar-refractivity contribution in [2.24, 2.45) is 0 Å². The van der Waals surface area contributed by atoms with E-state index < -0.39 is 27.8 Å². The van der Waals surface area contributed by atoms with Gasteiger partial charge in [0.15, 0.2) is 0 Å². The number of rotatable bonds is 6. The van der Waals surface area contributed by atoms with E-state index in [2.05, 4.69) is 5.32 Å². The quantitative estimate of drug-likeness (QED) is 0.813. The number of carbonyl (C=O) groups excluding carboxylic acids is 1. The van der Waals surface area contributed by atoms with Gasteiger partial charge in [-0.2, -0.15) is 4.31 Å². The van der Waals surface area contributed by atoms with E-state index in [4.69, 9.17) is 9.47 Å².